The highest BCUT2D eigenvalue weighted by atomic mass is 16.2. The second-order valence-corrected chi connectivity index (χ2v) is 5.42. The first-order chi connectivity index (χ1) is 10.5. The van der Waals surface area contributed by atoms with E-state index in [-0.39, 0.29) is 12.3 Å². The molecule has 3 aromatic rings. The number of nitrogen functional groups attached to an aromatic ring is 1. The van der Waals surface area contributed by atoms with E-state index in [1.54, 1.807) is 18.2 Å². The monoisotopic (exact) mass is 295 g/mol. The molecule has 0 atom stereocenters. The Morgan fingerprint density at radius 3 is 2.82 bits per heavy atom. The first kappa shape index (κ1) is 14.1. The summed E-state index contributed by atoms with van der Waals surface area (Å²) in [6.45, 7) is 2.01. The van der Waals surface area contributed by atoms with E-state index < -0.39 is 5.69 Å². The van der Waals surface area contributed by atoms with Crippen LogP contribution in [0.25, 0.3) is 11.0 Å². The molecular formula is C17H17N3O2. The molecule has 0 unspecified atom stereocenters. The van der Waals surface area contributed by atoms with E-state index in [9.17, 15) is 9.59 Å². The van der Waals surface area contributed by atoms with Crippen LogP contribution in [0.5, 0.6) is 0 Å². The van der Waals surface area contributed by atoms with Crippen LogP contribution in [-0.2, 0) is 6.42 Å². The van der Waals surface area contributed by atoms with Crippen LogP contribution in [0, 0.1) is 6.92 Å². The van der Waals surface area contributed by atoms with E-state index in [0.717, 1.165) is 11.1 Å². The molecule has 0 amide bonds. The number of aromatic amines is 1. The van der Waals surface area contributed by atoms with Crippen molar-refractivity contribution in [2.45, 2.75) is 19.8 Å². The third-order valence-electron chi connectivity index (χ3n) is 3.67. The number of aryl methyl sites for hydroxylation is 2. The van der Waals surface area contributed by atoms with Gasteiger partial charge >= 0.3 is 5.69 Å². The average molecular weight is 295 g/mol. The predicted octanol–water partition coefficient (Wildman–Crippen LogP) is 2.49. The number of rotatable bonds is 3. The molecule has 0 bridgehead atoms. The summed E-state index contributed by atoms with van der Waals surface area (Å²) in [5.41, 5.74) is 9.22. The summed E-state index contributed by atoms with van der Waals surface area (Å²) in [5, 5.41) is 0. The molecule has 0 aliphatic carbocycles. The van der Waals surface area contributed by atoms with E-state index in [4.69, 9.17) is 5.73 Å². The molecule has 0 saturated carbocycles. The number of anilines is 1. The third kappa shape index (κ3) is 2.65. The van der Waals surface area contributed by atoms with Gasteiger partial charge in [-0.15, -0.1) is 0 Å². The van der Waals surface area contributed by atoms with Crippen molar-refractivity contribution in [3.63, 3.8) is 0 Å². The average Bonchev–Trinajstić information content (AvgIpc) is 2.80. The molecule has 112 valence electrons. The Morgan fingerprint density at radius 1 is 1.23 bits per heavy atom. The number of benzene rings is 2. The normalized spacial score (nSPS) is 11.0. The SMILES string of the molecule is Cc1cccc(CCC(=O)n2c(=O)[nH]c3ccc(N)cc32)c1. The van der Waals surface area contributed by atoms with Crippen molar-refractivity contribution in [2.24, 2.45) is 0 Å². The van der Waals surface area contributed by atoms with E-state index in [1.165, 1.54) is 4.57 Å². The second-order valence-electron chi connectivity index (χ2n) is 5.42. The summed E-state index contributed by atoms with van der Waals surface area (Å²) in [7, 11) is 0. The smallest absolute Gasteiger partial charge is 0.333 e. The first-order valence-electron chi connectivity index (χ1n) is 7.13. The van der Waals surface area contributed by atoms with Crippen LogP contribution in [0.3, 0.4) is 0 Å². The Hall–Kier alpha value is -2.82. The molecule has 0 saturated heterocycles. The number of hydrogen-bond acceptors (Lipinski definition) is 3. The summed E-state index contributed by atoms with van der Waals surface area (Å²) < 4.78 is 1.17. The van der Waals surface area contributed by atoms with E-state index in [1.807, 2.05) is 31.2 Å². The van der Waals surface area contributed by atoms with Crippen molar-refractivity contribution in [1.29, 1.82) is 0 Å². The van der Waals surface area contributed by atoms with Gasteiger partial charge < -0.3 is 10.7 Å². The van der Waals surface area contributed by atoms with Crippen LogP contribution in [0.15, 0.2) is 47.3 Å². The maximum Gasteiger partial charge on any atom is 0.333 e. The highest BCUT2D eigenvalue weighted by Gasteiger charge is 2.14. The topological polar surface area (TPSA) is 80.9 Å². The van der Waals surface area contributed by atoms with Crippen LogP contribution >= 0.6 is 0 Å². The maximum atomic E-state index is 12.4. The fourth-order valence-corrected chi connectivity index (χ4v) is 2.60. The number of nitrogens with one attached hydrogen (secondary N) is 1. The first-order valence-corrected chi connectivity index (χ1v) is 7.13. The molecule has 22 heavy (non-hydrogen) atoms. The van der Waals surface area contributed by atoms with E-state index >= 15 is 0 Å². The van der Waals surface area contributed by atoms with E-state index in [2.05, 4.69) is 4.98 Å². The minimum absolute atomic E-state index is 0.233. The van der Waals surface area contributed by atoms with Crippen LogP contribution in [0.1, 0.15) is 22.3 Å². The quantitative estimate of drug-likeness (QED) is 0.728. The minimum Gasteiger partial charge on any atom is -0.399 e. The number of aromatic nitrogens is 2. The van der Waals surface area contributed by atoms with E-state index in [0.29, 0.717) is 23.1 Å². The molecule has 1 heterocycles. The molecule has 0 aliphatic rings. The molecule has 0 fully saturated rings. The van der Waals surface area contributed by atoms with Gasteiger partial charge in [-0.3, -0.25) is 4.79 Å². The highest BCUT2D eigenvalue weighted by Crippen LogP contribution is 2.15. The Kier molecular flexibility index (Phi) is 3.55. The van der Waals surface area contributed by atoms with Crippen molar-refractivity contribution >= 4 is 22.6 Å². The van der Waals surface area contributed by atoms with Crippen molar-refractivity contribution < 1.29 is 4.79 Å². The van der Waals surface area contributed by atoms with Crippen molar-refractivity contribution in [3.05, 3.63) is 64.1 Å². The van der Waals surface area contributed by atoms with Gasteiger partial charge in [0, 0.05) is 12.1 Å². The number of carbonyl (C=O) groups excluding carboxylic acids is 1. The second kappa shape index (κ2) is 5.52. The lowest BCUT2D eigenvalue weighted by Gasteiger charge is -2.04. The minimum atomic E-state index is -0.421. The maximum absolute atomic E-state index is 12.4. The van der Waals surface area contributed by atoms with Gasteiger partial charge in [-0.25, -0.2) is 9.36 Å². The summed E-state index contributed by atoms with van der Waals surface area (Å²) in [6, 6.07) is 13.0. The molecule has 1 aromatic heterocycles. The van der Waals surface area contributed by atoms with Crippen molar-refractivity contribution in [1.82, 2.24) is 9.55 Å². The van der Waals surface area contributed by atoms with Gasteiger partial charge in [0.15, 0.2) is 0 Å². The van der Waals surface area contributed by atoms with Gasteiger partial charge in [0.05, 0.1) is 11.0 Å². The summed E-state index contributed by atoms with van der Waals surface area (Å²) in [4.78, 5) is 27.1. The molecule has 3 N–H and O–H groups in total. The number of nitrogens with two attached hydrogens (primary N) is 1. The lowest BCUT2D eigenvalue weighted by atomic mass is 10.1. The fraction of sp³-hybridized carbons (Fsp3) is 0.176. The molecule has 0 spiro atoms. The Morgan fingerprint density at radius 2 is 2.05 bits per heavy atom. The molecule has 3 rings (SSSR count). The van der Waals surface area contributed by atoms with Crippen LogP contribution in [-0.4, -0.2) is 15.5 Å². The number of nitrogens with zero attached hydrogens (tertiary/aromatic N) is 1. The summed E-state index contributed by atoms with van der Waals surface area (Å²) in [6.07, 6.45) is 0.868. The van der Waals surface area contributed by atoms with Gasteiger partial charge in [0.2, 0.25) is 5.91 Å². The zero-order valence-corrected chi connectivity index (χ0v) is 12.3. The Bertz CT molecular complexity index is 906. The van der Waals surface area contributed by atoms with Crippen LogP contribution < -0.4 is 11.4 Å². The van der Waals surface area contributed by atoms with Gasteiger partial charge in [-0.2, -0.15) is 0 Å². The van der Waals surface area contributed by atoms with Gasteiger partial charge in [0.25, 0.3) is 0 Å². The Balaban J connectivity index is 1.88. The number of imidazole rings is 1. The third-order valence-corrected chi connectivity index (χ3v) is 3.67. The van der Waals surface area contributed by atoms with Gasteiger partial charge in [-0.05, 0) is 37.1 Å². The van der Waals surface area contributed by atoms with Gasteiger partial charge in [-0.1, -0.05) is 29.8 Å². The predicted molar refractivity (Wildman–Crippen MR) is 87.1 cm³/mol. The largest absolute Gasteiger partial charge is 0.399 e. The van der Waals surface area contributed by atoms with Crippen LogP contribution in [0.2, 0.25) is 0 Å². The fourth-order valence-electron chi connectivity index (χ4n) is 2.60. The number of hydrogen-bond donors (Lipinski definition) is 2. The van der Waals surface area contributed by atoms with Crippen molar-refractivity contribution in [2.75, 3.05) is 5.73 Å². The number of H-pyrrole nitrogens is 1. The molecular weight excluding hydrogens is 278 g/mol. The highest BCUT2D eigenvalue weighted by molar-refractivity contribution is 5.91. The molecule has 0 radical (unpaired) electrons. The standard InChI is InChI=1S/C17H17N3O2/c1-11-3-2-4-12(9-11)5-8-16(21)20-15-10-13(18)6-7-14(15)19-17(20)22/h2-4,6-7,9-10H,5,8,18H2,1H3,(H,19,22). The van der Waals surface area contributed by atoms with Crippen LogP contribution in [0.4, 0.5) is 5.69 Å². The zero-order valence-electron chi connectivity index (χ0n) is 12.3. The Labute approximate surface area is 127 Å². The molecule has 0 aliphatic heterocycles. The lowest BCUT2D eigenvalue weighted by molar-refractivity contribution is 0.0904. The molecule has 5 heteroatoms. The lowest BCUT2D eigenvalue weighted by Crippen LogP contribution is -2.24. The molecule has 5 nitrogen and oxygen atoms in total. The number of fused-ring (bicyclic) bond motifs is 1. The zero-order chi connectivity index (χ0) is 15.7. The molecule has 2 aromatic carbocycles. The summed E-state index contributed by atoms with van der Waals surface area (Å²) in [5.74, 6) is -0.233. The van der Waals surface area contributed by atoms with Gasteiger partial charge in [0.1, 0.15) is 0 Å². The number of carbonyl (C=O) groups is 1. The summed E-state index contributed by atoms with van der Waals surface area (Å²) >= 11 is 0. The van der Waals surface area contributed by atoms with Crippen molar-refractivity contribution in [3.8, 4) is 0 Å².